The predicted molar refractivity (Wildman–Crippen MR) is 229 cm³/mol. The Balaban J connectivity index is 1.41. The molecule has 0 saturated carbocycles. The van der Waals surface area contributed by atoms with Crippen molar-refractivity contribution in [1.29, 1.82) is 0 Å². The Hall–Kier alpha value is -7.16. The maximum atomic E-state index is 2.44. The third-order valence-electron chi connectivity index (χ3n) is 10.5. The Morgan fingerprint density at radius 3 is 1.04 bits per heavy atom. The Labute approximate surface area is 316 Å². The van der Waals surface area contributed by atoms with Gasteiger partial charge in [0.2, 0.25) is 0 Å². The van der Waals surface area contributed by atoms with E-state index in [0.717, 1.165) is 34.1 Å². The molecule has 0 radical (unpaired) electrons. The van der Waals surface area contributed by atoms with Gasteiger partial charge in [-0.25, -0.2) is 0 Å². The molecule has 0 N–H and O–H groups in total. The van der Waals surface area contributed by atoms with Crippen molar-refractivity contribution in [2.45, 2.75) is 0 Å². The van der Waals surface area contributed by atoms with Gasteiger partial charge in [-0.1, -0.05) is 146 Å². The lowest BCUT2D eigenvalue weighted by atomic mass is 9.79. The lowest BCUT2D eigenvalue weighted by Gasteiger charge is -2.34. The average Bonchev–Trinajstić information content (AvgIpc) is 3.24. The normalized spacial score (nSPS) is 11.3. The number of rotatable bonds is 6. The number of fused-ring (bicyclic) bond motifs is 9. The van der Waals surface area contributed by atoms with Crippen LogP contribution in [-0.4, -0.2) is 0 Å². The largest absolute Gasteiger partial charge is 0.310 e. The van der Waals surface area contributed by atoms with E-state index in [1.165, 1.54) is 55.3 Å². The van der Waals surface area contributed by atoms with Gasteiger partial charge in [-0.05, 0) is 123 Å². The van der Waals surface area contributed by atoms with E-state index in [1.807, 2.05) is 0 Å². The van der Waals surface area contributed by atoms with Crippen LogP contribution in [0, 0.1) is 0 Å². The van der Waals surface area contributed by atoms with Crippen molar-refractivity contribution in [1.82, 2.24) is 0 Å². The highest BCUT2D eigenvalue weighted by molar-refractivity contribution is 6.11. The summed E-state index contributed by atoms with van der Waals surface area (Å²) in [6, 6.07) is 79.2. The summed E-state index contributed by atoms with van der Waals surface area (Å²) in [7, 11) is 0. The molecule has 0 aromatic heterocycles. The lowest BCUT2D eigenvalue weighted by molar-refractivity contribution is 1.25. The van der Waals surface area contributed by atoms with Crippen molar-refractivity contribution in [2.75, 3.05) is 9.80 Å². The van der Waals surface area contributed by atoms with Gasteiger partial charge in [0.25, 0.3) is 0 Å². The fourth-order valence-electron chi connectivity index (χ4n) is 8.17. The standard InChI is InChI=1S/C52H36N2/c1-5-21-39(22-6-1)53(40-23-7-2-8-24-40)43-35-50-47-32-18-16-30-45(47)44-29-15-17-31-46(44)48-33-37-19-13-14-20-38(37)34-49(48)52(50)51(36-43)54(41-25-9-3-10-26-41)42-27-11-4-12-28-42/h1-36H. The number of anilines is 6. The summed E-state index contributed by atoms with van der Waals surface area (Å²) in [5, 5.41) is 2.44. The van der Waals surface area contributed by atoms with Gasteiger partial charge in [-0.2, -0.15) is 0 Å². The van der Waals surface area contributed by atoms with Crippen molar-refractivity contribution < 1.29 is 0 Å². The monoisotopic (exact) mass is 688 g/mol. The number of para-hydroxylation sites is 4. The molecule has 0 aliphatic heterocycles. The van der Waals surface area contributed by atoms with E-state index in [-0.39, 0.29) is 0 Å². The molecule has 10 rings (SSSR count). The maximum absolute atomic E-state index is 2.44. The molecule has 2 nitrogen and oxygen atoms in total. The fourth-order valence-corrected chi connectivity index (χ4v) is 8.17. The molecule has 254 valence electrons. The van der Waals surface area contributed by atoms with E-state index in [4.69, 9.17) is 0 Å². The second-order valence-electron chi connectivity index (χ2n) is 13.7. The quantitative estimate of drug-likeness (QED) is 0.172. The Morgan fingerprint density at radius 1 is 0.222 bits per heavy atom. The first-order valence-electron chi connectivity index (χ1n) is 18.5. The average molecular weight is 689 g/mol. The summed E-state index contributed by atoms with van der Waals surface area (Å²) in [5.74, 6) is 0. The van der Waals surface area contributed by atoms with Crippen molar-refractivity contribution in [2.24, 2.45) is 0 Å². The van der Waals surface area contributed by atoms with Crippen molar-refractivity contribution in [3.8, 4) is 44.5 Å². The number of hydrogen-bond donors (Lipinski definition) is 0. The summed E-state index contributed by atoms with van der Waals surface area (Å²) in [6.07, 6.45) is 0. The van der Waals surface area contributed by atoms with Gasteiger partial charge < -0.3 is 9.80 Å². The second-order valence-corrected chi connectivity index (χ2v) is 13.7. The van der Waals surface area contributed by atoms with Gasteiger partial charge in [-0.15, -0.1) is 0 Å². The molecule has 9 aromatic carbocycles. The minimum Gasteiger partial charge on any atom is -0.310 e. The lowest BCUT2D eigenvalue weighted by Crippen LogP contribution is -2.15. The van der Waals surface area contributed by atoms with Crippen LogP contribution in [0.2, 0.25) is 0 Å². The van der Waals surface area contributed by atoms with Crippen LogP contribution in [0.5, 0.6) is 0 Å². The molecule has 0 unspecified atom stereocenters. The van der Waals surface area contributed by atoms with Gasteiger partial charge in [0.05, 0.1) is 5.69 Å². The number of benzene rings is 9. The molecule has 0 spiro atoms. The molecule has 2 heteroatoms. The molecule has 0 bridgehead atoms. The maximum Gasteiger partial charge on any atom is 0.0567 e. The van der Waals surface area contributed by atoms with E-state index in [1.54, 1.807) is 0 Å². The van der Waals surface area contributed by atoms with Gasteiger partial charge in [0.1, 0.15) is 0 Å². The predicted octanol–water partition coefficient (Wildman–Crippen LogP) is 14.8. The number of hydrogen-bond acceptors (Lipinski definition) is 2. The SMILES string of the molecule is c1ccc(N(c2ccccc2)c2cc3c(c(N(c4ccccc4)c4ccccc4)c2)-c2cc4ccccc4cc2-c2ccccc2-c2ccccc2-3)cc1. The molecule has 0 amide bonds. The van der Waals surface area contributed by atoms with E-state index < -0.39 is 0 Å². The summed E-state index contributed by atoms with van der Waals surface area (Å²) < 4.78 is 0. The van der Waals surface area contributed by atoms with Gasteiger partial charge in [0, 0.05) is 34.0 Å². The molecule has 9 aromatic rings. The molecule has 0 atom stereocenters. The third-order valence-corrected chi connectivity index (χ3v) is 10.5. The Bertz CT molecular complexity index is 2680. The smallest absolute Gasteiger partial charge is 0.0567 e. The second kappa shape index (κ2) is 13.4. The Morgan fingerprint density at radius 2 is 0.574 bits per heavy atom. The first-order valence-corrected chi connectivity index (χ1v) is 18.5. The van der Waals surface area contributed by atoms with Gasteiger partial charge in [-0.3, -0.25) is 0 Å². The van der Waals surface area contributed by atoms with Crippen LogP contribution in [0.15, 0.2) is 218 Å². The van der Waals surface area contributed by atoms with E-state index in [9.17, 15) is 0 Å². The van der Waals surface area contributed by atoms with Crippen LogP contribution in [0.3, 0.4) is 0 Å². The van der Waals surface area contributed by atoms with Crippen molar-refractivity contribution in [3.63, 3.8) is 0 Å². The zero-order valence-electron chi connectivity index (χ0n) is 29.7. The van der Waals surface area contributed by atoms with Crippen LogP contribution >= 0.6 is 0 Å². The van der Waals surface area contributed by atoms with Gasteiger partial charge in [0.15, 0.2) is 0 Å². The van der Waals surface area contributed by atoms with E-state index in [2.05, 4.69) is 228 Å². The van der Waals surface area contributed by atoms with Crippen molar-refractivity contribution >= 4 is 44.9 Å². The molecule has 0 fully saturated rings. The third kappa shape index (κ3) is 5.44. The molecular weight excluding hydrogens is 653 g/mol. The fraction of sp³-hybridized carbons (Fsp3) is 0. The highest BCUT2D eigenvalue weighted by Crippen LogP contribution is 2.55. The highest BCUT2D eigenvalue weighted by atomic mass is 15.2. The van der Waals surface area contributed by atoms with Crippen LogP contribution in [0.25, 0.3) is 55.3 Å². The summed E-state index contributed by atoms with van der Waals surface area (Å²) >= 11 is 0. The molecule has 0 heterocycles. The molecule has 54 heavy (non-hydrogen) atoms. The van der Waals surface area contributed by atoms with Crippen LogP contribution < -0.4 is 9.80 Å². The van der Waals surface area contributed by atoms with Crippen LogP contribution in [0.1, 0.15) is 0 Å². The highest BCUT2D eigenvalue weighted by Gasteiger charge is 2.29. The zero-order valence-corrected chi connectivity index (χ0v) is 29.7. The minimum atomic E-state index is 1.07. The minimum absolute atomic E-state index is 1.07. The van der Waals surface area contributed by atoms with E-state index in [0.29, 0.717) is 0 Å². The van der Waals surface area contributed by atoms with Crippen molar-refractivity contribution in [3.05, 3.63) is 218 Å². The first kappa shape index (κ1) is 31.6. The topological polar surface area (TPSA) is 6.48 Å². The molecule has 1 aliphatic carbocycles. The van der Waals surface area contributed by atoms with Gasteiger partial charge >= 0.3 is 0 Å². The van der Waals surface area contributed by atoms with Crippen LogP contribution in [-0.2, 0) is 0 Å². The molecule has 1 aliphatic rings. The zero-order chi connectivity index (χ0) is 35.8. The first-order chi connectivity index (χ1) is 26.8. The summed E-state index contributed by atoms with van der Waals surface area (Å²) in [5.41, 5.74) is 16.2. The summed E-state index contributed by atoms with van der Waals surface area (Å²) in [6.45, 7) is 0. The molecular formula is C52H36N2. The summed E-state index contributed by atoms with van der Waals surface area (Å²) in [4.78, 5) is 4.82. The van der Waals surface area contributed by atoms with E-state index >= 15 is 0 Å². The number of nitrogens with zero attached hydrogens (tertiary/aromatic N) is 2. The Kier molecular flexibility index (Phi) is 7.85. The van der Waals surface area contributed by atoms with Crippen LogP contribution in [0.4, 0.5) is 34.1 Å². The molecule has 0 saturated heterocycles.